The zero-order chi connectivity index (χ0) is 11.5. The summed E-state index contributed by atoms with van der Waals surface area (Å²) in [7, 11) is 0. The van der Waals surface area contributed by atoms with Crippen LogP contribution in [-0.4, -0.2) is 46.9 Å². The van der Waals surface area contributed by atoms with Gasteiger partial charge < -0.3 is 9.64 Å². The van der Waals surface area contributed by atoms with E-state index in [0.717, 1.165) is 0 Å². The van der Waals surface area contributed by atoms with Crippen molar-refractivity contribution in [1.29, 1.82) is 0 Å². The minimum absolute atomic E-state index is 0.0511. The third-order valence-electron chi connectivity index (χ3n) is 2.68. The van der Waals surface area contributed by atoms with Crippen molar-refractivity contribution in [2.45, 2.75) is 19.9 Å². The number of hydrogen-bond donors (Lipinski definition) is 0. The van der Waals surface area contributed by atoms with Crippen molar-refractivity contribution in [2.75, 3.05) is 26.3 Å². The first-order valence-electron chi connectivity index (χ1n) is 5.59. The second-order valence-electron chi connectivity index (χ2n) is 4.21. The highest BCUT2D eigenvalue weighted by molar-refractivity contribution is 5.93. The topological polar surface area (TPSA) is 47.4 Å². The largest absolute Gasteiger partial charge is 0.378 e. The molecule has 5 nitrogen and oxygen atoms in total. The predicted molar refractivity (Wildman–Crippen MR) is 59.3 cm³/mol. The van der Waals surface area contributed by atoms with Crippen LogP contribution in [0.3, 0.4) is 0 Å². The lowest BCUT2D eigenvalue weighted by Crippen LogP contribution is -2.40. The Morgan fingerprint density at radius 3 is 2.69 bits per heavy atom. The molecule has 5 heteroatoms. The minimum atomic E-state index is 0.0511. The van der Waals surface area contributed by atoms with Crippen LogP contribution in [0.5, 0.6) is 0 Å². The molecule has 1 fully saturated rings. The Kier molecular flexibility index (Phi) is 3.24. The quantitative estimate of drug-likeness (QED) is 0.749. The van der Waals surface area contributed by atoms with Crippen molar-refractivity contribution in [3.8, 4) is 0 Å². The standard InChI is InChI=1S/C11H17N3O2/c1-9(2)14-8-10(7-12-14)11(15)13-3-5-16-6-4-13/h7-9H,3-6H2,1-2H3. The molecule has 1 aromatic rings. The summed E-state index contributed by atoms with van der Waals surface area (Å²) < 4.78 is 7.01. The van der Waals surface area contributed by atoms with E-state index in [1.54, 1.807) is 10.9 Å². The fourth-order valence-electron chi connectivity index (χ4n) is 1.68. The molecule has 2 heterocycles. The monoisotopic (exact) mass is 223 g/mol. The molecule has 0 radical (unpaired) electrons. The van der Waals surface area contributed by atoms with Crippen LogP contribution in [0.25, 0.3) is 0 Å². The van der Waals surface area contributed by atoms with Gasteiger partial charge in [-0.25, -0.2) is 0 Å². The molecule has 0 aromatic carbocycles. The summed E-state index contributed by atoms with van der Waals surface area (Å²) in [6.45, 7) is 6.68. The Morgan fingerprint density at radius 1 is 1.44 bits per heavy atom. The minimum Gasteiger partial charge on any atom is -0.378 e. The lowest BCUT2D eigenvalue weighted by Gasteiger charge is -2.26. The second-order valence-corrected chi connectivity index (χ2v) is 4.21. The van der Waals surface area contributed by atoms with Gasteiger partial charge in [-0.05, 0) is 13.8 Å². The number of aromatic nitrogens is 2. The van der Waals surface area contributed by atoms with Crippen LogP contribution in [0.4, 0.5) is 0 Å². The van der Waals surface area contributed by atoms with Crippen LogP contribution in [0.1, 0.15) is 30.2 Å². The zero-order valence-electron chi connectivity index (χ0n) is 9.72. The summed E-state index contributed by atoms with van der Waals surface area (Å²) >= 11 is 0. The molecule has 0 saturated carbocycles. The van der Waals surface area contributed by atoms with E-state index in [1.165, 1.54) is 0 Å². The fraction of sp³-hybridized carbons (Fsp3) is 0.636. The Labute approximate surface area is 95.0 Å². The van der Waals surface area contributed by atoms with Crippen LogP contribution >= 0.6 is 0 Å². The highest BCUT2D eigenvalue weighted by Gasteiger charge is 2.19. The number of carbonyl (C=O) groups is 1. The molecule has 16 heavy (non-hydrogen) atoms. The van der Waals surface area contributed by atoms with Crippen LogP contribution in [0.15, 0.2) is 12.4 Å². The molecule has 1 saturated heterocycles. The third-order valence-corrected chi connectivity index (χ3v) is 2.68. The van der Waals surface area contributed by atoms with Crippen LogP contribution < -0.4 is 0 Å². The SMILES string of the molecule is CC(C)n1cc(C(=O)N2CCOCC2)cn1. The molecule has 0 N–H and O–H groups in total. The fourth-order valence-corrected chi connectivity index (χ4v) is 1.68. The Hall–Kier alpha value is -1.36. The summed E-state index contributed by atoms with van der Waals surface area (Å²) in [5.74, 6) is 0.0511. The Balaban J connectivity index is 2.07. The molecule has 0 aliphatic carbocycles. The molecular formula is C11H17N3O2. The summed E-state index contributed by atoms with van der Waals surface area (Å²) in [5, 5.41) is 4.17. The van der Waals surface area contributed by atoms with Gasteiger partial charge in [0, 0.05) is 25.3 Å². The molecule has 88 valence electrons. The van der Waals surface area contributed by atoms with Gasteiger partial charge in [-0.1, -0.05) is 0 Å². The number of nitrogens with zero attached hydrogens (tertiary/aromatic N) is 3. The van der Waals surface area contributed by atoms with Crippen molar-refractivity contribution >= 4 is 5.91 Å². The van der Waals surface area contributed by atoms with Crippen molar-refractivity contribution < 1.29 is 9.53 Å². The van der Waals surface area contributed by atoms with Crippen molar-refractivity contribution in [2.24, 2.45) is 0 Å². The highest BCUT2D eigenvalue weighted by Crippen LogP contribution is 2.09. The number of rotatable bonds is 2. The number of amides is 1. The Morgan fingerprint density at radius 2 is 2.12 bits per heavy atom. The molecule has 1 aliphatic heterocycles. The van der Waals surface area contributed by atoms with Gasteiger partial charge in [0.25, 0.3) is 5.91 Å². The van der Waals surface area contributed by atoms with Gasteiger partial charge in [0.05, 0.1) is 25.0 Å². The van der Waals surface area contributed by atoms with Gasteiger partial charge in [-0.15, -0.1) is 0 Å². The van der Waals surface area contributed by atoms with Gasteiger partial charge in [-0.3, -0.25) is 9.48 Å². The molecule has 0 spiro atoms. The molecule has 0 atom stereocenters. The maximum Gasteiger partial charge on any atom is 0.257 e. The van der Waals surface area contributed by atoms with Gasteiger partial charge in [0.2, 0.25) is 0 Å². The molecular weight excluding hydrogens is 206 g/mol. The van der Waals surface area contributed by atoms with Crippen LogP contribution in [0.2, 0.25) is 0 Å². The maximum atomic E-state index is 12.1. The second kappa shape index (κ2) is 4.65. The van der Waals surface area contributed by atoms with Gasteiger partial charge in [0.15, 0.2) is 0 Å². The van der Waals surface area contributed by atoms with E-state index in [0.29, 0.717) is 31.9 Å². The first kappa shape index (κ1) is 11.1. The lowest BCUT2D eigenvalue weighted by atomic mass is 10.3. The van der Waals surface area contributed by atoms with E-state index in [4.69, 9.17) is 4.74 Å². The number of carbonyl (C=O) groups excluding carboxylic acids is 1. The maximum absolute atomic E-state index is 12.1. The average molecular weight is 223 g/mol. The van der Waals surface area contributed by atoms with E-state index in [-0.39, 0.29) is 11.9 Å². The van der Waals surface area contributed by atoms with E-state index in [9.17, 15) is 4.79 Å². The summed E-state index contributed by atoms with van der Waals surface area (Å²) in [6.07, 6.45) is 3.44. The smallest absolute Gasteiger partial charge is 0.257 e. The summed E-state index contributed by atoms with van der Waals surface area (Å²) in [4.78, 5) is 13.9. The number of hydrogen-bond acceptors (Lipinski definition) is 3. The van der Waals surface area contributed by atoms with Gasteiger partial charge in [-0.2, -0.15) is 5.10 Å². The van der Waals surface area contributed by atoms with Crippen molar-refractivity contribution in [3.05, 3.63) is 18.0 Å². The molecule has 0 unspecified atom stereocenters. The van der Waals surface area contributed by atoms with E-state index in [1.807, 2.05) is 24.9 Å². The summed E-state index contributed by atoms with van der Waals surface area (Å²) in [5.41, 5.74) is 0.663. The third kappa shape index (κ3) is 2.24. The predicted octanol–water partition coefficient (Wildman–Crippen LogP) is 0.936. The number of morpholine rings is 1. The molecule has 1 aromatic heterocycles. The van der Waals surface area contributed by atoms with E-state index in [2.05, 4.69) is 5.10 Å². The first-order valence-corrected chi connectivity index (χ1v) is 5.59. The number of ether oxygens (including phenoxy) is 1. The van der Waals surface area contributed by atoms with Gasteiger partial charge in [0.1, 0.15) is 0 Å². The van der Waals surface area contributed by atoms with Crippen molar-refractivity contribution in [3.63, 3.8) is 0 Å². The van der Waals surface area contributed by atoms with Gasteiger partial charge >= 0.3 is 0 Å². The molecule has 2 rings (SSSR count). The first-order chi connectivity index (χ1) is 7.68. The average Bonchev–Trinajstić information content (AvgIpc) is 2.78. The normalized spacial score (nSPS) is 16.8. The van der Waals surface area contributed by atoms with E-state index >= 15 is 0 Å². The van der Waals surface area contributed by atoms with Crippen LogP contribution in [-0.2, 0) is 4.74 Å². The summed E-state index contributed by atoms with van der Waals surface area (Å²) in [6, 6.07) is 0.284. The van der Waals surface area contributed by atoms with E-state index < -0.39 is 0 Å². The van der Waals surface area contributed by atoms with Crippen molar-refractivity contribution in [1.82, 2.24) is 14.7 Å². The molecule has 0 bridgehead atoms. The zero-order valence-corrected chi connectivity index (χ0v) is 9.72. The molecule has 1 aliphatic rings. The van der Waals surface area contributed by atoms with Crippen LogP contribution in [0, 0.1) is 0 Å². The molecule has 1 amide bonds. The highest BCUT2D eigenvalue weighted by atomic mass is 16.5. The Bertz CT molecular complexity index is 367. The lowest BCUT2D eigenvalue weighted by molar-refractivity contribution is 0.0303.